The van der Waals surface area contributed by atoms with Crippen LogP contribution in [0.15, 0.2) is 24.3 Å². The van der Waals surface area contributed by atoms with Crippen LogP contribution in [0.3, 0.4) is 0 Å². The van der Waals surface area contributed by atoms with Crippen molar-refractivity contribution in [1.82, 2.24) is 4.90 Å². The van der Waals surface area contributed by atoms with Crippen molar-refractivity contribution >= 4 is 11.9 Å². The largest absolute Gasteiger partial charge is 0.481 e. The highest BCUT2D eigenvalue weighted by Gasteiger charge is 2.30. The quantitative estimate of drug-likeness (QED) is 0.910. The normalized spacial score (nSPS) is 19.7. The Bertz CT molecular complexity index is 546. The molecule has 0 saturated carbocycles. The molecule has 1 heterocycles. The van der Waals surface area contributed by atoms with Crippen LogP contribution in [0.4, 0.5) is 4.39 Å². The van der Waals surface area contributed by atoms with Gasteiger partial charge in [-0.15, -0.1) is 0 Å². The Morgan fingerprint density at radius 3 is 2.82 bits per heavy atom. The number of carbonyl (C=O) groups is 2. The minimum absolute atomic E-state index is 0.0257. The minimum Gasteiger partial charge on any atom is -0.481 e. The van der Waals surface area contributed by atoms with Gasteiger partial charge in [-0.05, 0) is 37.3 Å². The van der Waals surface area contributed by atoms with E-state index in [9.17, 15) is 14.0 Å². The summed E-state index contributed by atoms with van der Waals surface area (Å²) in [6.45, 7) is 2.73. The molecule has 22 heavy (non-hydrogen) atoms. The van der Waals surface area contributed by atoms with Crippen molar-refractivity contribution in [2.45, 2.75) is 32.6 Å². The first kappa shape index (κ1) is 16.5. The summed E-state index contributed by atoms with van der Waals surface area (Å²) >= 11 is 0. The first-order chi connectivity index (χ1) is 10.5. The Kier molecular flexibility index (Phi) is 5.52. The van der Waals surface area contributed by atoms with Gasteiger partial charge in [-0.3, -0.25) is 9.59 Å². The summed E-state index contributed by atoms with van der Waals surface area (Å²) < 4.78 is 13.6. The lowest BCUT2D eigenvalue weighted by molar-refractivity contribution is -0.146. The van der Waals surface area contributed by atoms with Crippen LogP contribution < -0.4 is 0 Å². The smallest absolute Gasteiger partial charge is 0.308 e. The van der Waals surface area contributed by atoms with Gasteiger partial charge >= 0.3 is 5.97 Å². The average molecular weight is 307 g/mol. The number of aliphatic carboxylic acids is 1. The molecule has 0 spiro atoms. The Hall–Kier alpha value is -1.91. The highest BCUT2D eigenvalue weighted by atomic mass is 19.1. The molecule has 5 heteroatoms. The molecule has 1 saturated heterocycles. The summed E-state index contributed by atoms with van der Waals surface area (Å²) in [4.78, 5) is 25.1. The fourth-order valence-corrected chi connectivity index (χ4v) is 2.89. The van der Waals surface area contributed by atoms with Crippen LogP contribution in [0.2, 0.25) is 0 Å². The summed E-state index contributed by atoms with van der Waals surface area (Å²) in [5.41, 5.74) is 0.615. The molecule has 0 aromatic heterocycles. The average Bonchev–Trinajstić information content (AvgIpc) is 2.53. The second-order valence-electron chi connectivity index (χ2n) is 5.99. The number of rotatable bonds is 5. The van der Waals surface area contributed by atoms with Crippen LogP contribution in [0, 0.1) is 17.7 Å². The molecular weight excluding hydrogens is 285 g/mol. The number of aryl methyl sites for hydroxylation is 1. The summed E-state index contributed by atoms with van der Waals surface area (Å²) in [5, 5.41) is 9.08. The number of benzene rings is 1. The molecule has 0 bridgehead atoms. The summed E-state index contributed by atoms with van der Waals surface area (Å²) in [5.74, 6) is -1.80. The van der Waals surface area contributed by atoms with Gasteiger partial charge in [0, 0.05) is 19.0 Å². The molecule has 0 unspecified atom stereocenters. The molecule has 2 atom stereocenters. The first-order valence-corrected chi connectivity index (χ1v) is 7.74. The van der Waals surface area contributed by atoms with Crippen LogP contribution in [-0.2, 0) is 16.0 Å². The fourth-order valence-electron chi connectivity index (χ4n) is 2.89. The third-order valence-corrected chi connectivity index (χ3v) is 4.31. The summed E-state index contributed by atoms with van der Waals surface area (Å²) in [6, 6.07) is 6.58. The molecule has 120 valence electrons. The third-order valence-electron chi connectivity index (χ3n) is 4.31. The van der Waals surface area contributed by atoms with Gasteiger partial charge in [-0.2, -0.15) is 0 Å². The zero-order valence-electron chi connectivity index (χ0n) is 12.8. The highest BCUT2D eigenvalue weighted by Crippen LogP contribution is 2.21. The summed E-state index contributed by atoms with van der Waals surface area (Å²) in [7, 11) is 0. The molecule has 1 fully saturated rings. The number of piperidine rings is 1. The number of likely N-dealkylation sites (tertiary alicyclic amines) is 1. The van der Waals surface area contributed by atoms with E-state index in [0.29, 0.717) is 31.4 Å². The molecule has 2 rings (SSSR count). The predicted octanol–water partition coefficient (Wildman–Crippen LogP) is 2.72. The van der Waals surface area contributed by atoms with Crippen LogP contribution in [0.1, 0.15) is 31.7 Å². The molecule has 1 aromatic rings. The molecule has 0 aliphatic carbocycles. The Morgan fingerprint density at radius 2 is 2.14 bits per heavy atom. The topological polar surface area (TPSA) is 57.6 Å². The standard InChI is InChI=1S/C17H22FNO3/c1-12(8-9-13-5-2-3-7-15(13)18)16(20)19-10-4-6-14(11-19)17(21)22/h2-3,5,7,12,14H,4,6,8-11H2,1H3,(H,21,22)/t12-,14+/m1/s1. The van der Waals surface area contributed by atoms with Gasteiger partial charge in [0.05, 0.1) is 5.92 Å². The predicted molar refractivity (Wildman–Crippen MR) is 80.8 cm³/mol. The number of carbonyl (C=O) groups excluding carboxylic acids is 1. The van der Waals surface area contributed by atoms with Gasteiger partial charge in [0.15, 0.2) is 0 Å². The number of carboxylic acids is 1. The van der Waals surface area contributed by atoms with Crippen molar-refractivity contribution in [3.8, 4) is 0 Å². The summed E-state index contributed by atoms with van der Waals surface area (Å²) in [6.07, 6.45) is 2.43. The van der Waals surface area contributed by atoms with E-state index in [1.54, 1.807) is 23.1 Å². The van der Waals surface area contributed by atoms with Gasteiger partial charge in [-0.1, -0.05) is 25.1 Å². The van der Waals surface area contributed by atoms with Crippen LogP contribution in [0.5, 0.6) is 0 Å². The van der Waals surface area contributed by atoms with Crippen LogP contribution >= 0.6 is 0 Å². The third kappa shape index (κ3) is 4.06. The molecule has 1 aliphatic heterocycles. The molecule has 1 N–H and O–H groups in total. The van der Waals surface area contributed by atoms with Crippen molar-refractivity contribution in [2.24, 2.45) is 11.8 Å². The molecular formula is C17H22FNO3. The fraction of sp³-hybridized carbons (Fsp3) is 0.529. The molecule has 4 nitrogen and oxygen atoms in total. The zero-order chi connectivity index (χ0) is 16.1. The number of hydrogen-bond donors (Lipinski definition) is 1. The van der Waals surface area contributed by atoms with Gasteiger partial charge in [-0.25, -0.2) is 4.39 Å². The van der Waals surface area contributed by atoms with E-state index in [2.05, 4.69) is 0 Å². The molecule has 1 aliphatic rings. The second-order valence-corrected chi connectivity index (χ2v) is 5.99. The van der Waals surface area contributed by atoms with E-state index < -0.39 is 11.9 Å². The van der Waals surface area contributed by atoms with E-state index in [4.69, 9.17) is 5.11 Å². The number of amides is 1. The number of carboxylic acid groups (broad SMARTS) is 1. The molecule has 1 amide bonds. The van der Waals surface area contributed by atoms with E-state index >= 15 is 0 Å². The molecule has 1 aromatic carbocycles. The van der Waals surface area contributed by atoms with Gasteiger partial charge in [0.25, 0.3) is 0 Å². The van der Waals surface area contributed by atoms with Crippen molar-refractivity contribution < 1.29 is 19.1 Å². The van der Waals surface area contributed by atoms with Crippen molar-refractivity contribution in [1.29, 1.82) is 0 Å². The Labute approximate surface area is 129 Å². The molecule has 0 radical (unpaired) electrons. The van der Waals surface area contributed by atoms with E-state index in [-0.39, 0.29) is 24.2 Å². The lowest BCUT2D eigenvalue weighted by atomic mass is 9.95. The zero-order valence-corrected chi connectivity index (χ0v) is 12.8. The van der Waals surface area contributed by atoms with E-state index in [1.165, 1.54) is 6.07 Å². The maximum absolute atomic E-state index is 13.6. The second kappa shape index (κ2) is 7.38. The monoisotopic (exact) mass is 307 g/mol. The number of hydrogen-bond acceptors (Lipinski definition) is 2. The first-order valence-electron chi connectivity index (χ1n) is 7.74. The number of halogens is 1. The van der Waals surface area contributed by atoms with Crippen molar-refractivity contribution in [3.63, 3.8) is 0 Å². The van der Waals surface area contributed by atoms with Gasteiger partial charge in [0.1, 0.15) is 5.82 Å². The maximum atomic E-state index is 13.6. The van der Waals surface area contributed by atoms with Gasteiger partial charge in [0.2, 0.25) is 5.91 Å². The minimum atomic E-state index is -0.837. The lowest BCUT2D eigenvalue weighted by Gasteiger charge is -2.32. The Balaban J connectivity index is 1.89. The van der Waals surface area contributed by atoms with Crippen LogP contribution in [0.25, 0.3) is 0 Å². The number of nitrogens with zero attached hydrogens (tertiary/aromatic N) is 1. The van der Waals surface area contributed by atoms with Crippen LogP contribution in [-0.4, -0.2) is 35.0 Å². The van der Waals surface area contributed by atoms with Crippen molar-refractivity contribution in [2.75, 3.05) is 13.1 Å². The van der Waals surface area contributed by atoms with Gasteiger partial charge < -0.3 is 10.0 Å². The lowest BCUT2D eigenvalue weighted by Crippen LogP contribution is -2.44. The SMILES string of the molecule is C[C@H](CCc1ccccc1F)C(=O)N1CCC[C@H](C(=O)O)C1. The Morgan fingerprint density at radius 1 is 1.41 bits per heavy atom. The van der Waals surface area contributed by atoms with E-state index in [1.807, 2.05) is 6.92 Å². The van der Waals surface area contributed by atoms with E-state index in [0.717, 1.165) is 6.42 Å². The maximum Gasteiger partial charge on any atom is 0.308 e. The highest BCUT2D eigenvalue weighted by molar-refractivity contribution is 5.79. The van der Waals surface area contributed by atoms with Crippen molar-refractivity contribution in [3.05, 3.63) is 35.6 Å².